The van der Waals surface area contributed by atoms with Gasteiger partial charge in [-0.2, -0.15) is 0 Å². The van der Waals surface area contributed by atoms with Gasteiger partial charge in [-0.3, -0.25) is 9.39 Å². The molecule has 2 aromatic heterocycles. The maximum Gasteiger partial charge on any atom is 0.191 e. The molecular formula is C12H16N6. The quantitative estimate of drug-likeness (QED) is 0.611. The molecule has 1 saturated carbocycles. The summed E-state index contributed by atoms with van der Waals surface area (Å²) in [5, 5.41) is 14.9. The van der Waals surface area contributed by atoms with E-state index in [1.807, 2.05) is 28.8 Å². The van der Waals surface area contributed by atoms with Crippen molar-refractivity contribution in [3.8, 4) is 0 Å². The topological polar surface area (TPSA) is 66.6 Å². The van der Waals surface area contributed by atoms with Gasteiger partial charge in [0.1, 0.15) is 0 Å². The maximum absolute atomic E-state index is 4.18. The second-order valence-electron chi connectivity index (χ2n) is 4.39. The van der Waals surface area contributed by atoms with E-state index in [1.165, 1.54) is 12.8 Å². The van der Waals surface area contributed by atoms with Gasteiger partial charge < -0.3 is 10.6 Å². The van der Waals surface area contributed by atoms with Crippen LogP contribution in [-0.2, 0) is 6.54 Å². The van der Waals surface area contributed by atoms with Crippen LogP contribution in [0.15, 0.2) is 29.4 Å². The highest BCUT2D eigenvalue weighted by molar-refractivity contribution is 5.80. The highest BCUT2D eigenvalue weighted by Crippen LogP contribution is 2.18. The number of nitrogens with zero attached hydrogens (tertiary/aromatic N) is 4. The molecule has 0 saturated heterocycles. The van der Waals surface area contributed by atoms with Gasteiger partial charge in [0.25, 0.3) is 0 Å². The van der Waals surface area contributed by atoms with Crippen molar-refractivity contribution < 1.29 is 0 Å². The Morgan fingerprint density at radius 2 is 2.33 bits per heavy atom. The first-order chi connectivity index (χ1) is 8.86. The molecule has 0 unspecified atom stereocenters. The highest BCUT2D eigenvalue weighted by atomic mass is 15.3. The third-order valence-electron chi connectivity index (χ3n) is 2.94. The fourth-order valence-corrected chi connectivity index (χ4v) is 1.79. The second kappa shape index (κ2) is 4.64. The fraction of sp³-hybridized carbons (Fsp3) is 0.417. The van der Waals surface area contributed by atoms with Gasteiger partial charge >= 0.3 is 0 Å². The molecule has 3 rings (SSSR count). The summed E-state index contributed by atoms with van der Waals surface area (Å²) >= 11 is 0. The molecule has 2 N–H and O–H groups in total. The first-order valence-electron chi connectivity index (χ1n) is 6.12. The van der Waals surface area contributed by atoms with E-state index in [4.69, 9.17) is 0 Å². The number of nitrogens with one attached hydrogen (secondary N) is 2. The summed E-state index contributed by atoms with van der Waals surface area (Å²) in [6.07, 6.45) is 4.42. The monoisotopic (exact) mass is 244 g/mol. The summed E-state index contributed by atoms with van der Waals surface area (Å²) in [5.74, 6) is 1.70. The number of hydrogen-bond acceptors (Lipinski definition) is 3. The van der Waals surface area contributed by atoms with Gasteiger partial charge in [0.15, 0.2) is 17.4 Å². The zero-order valence-corrected chi connectivity index (χ0v) is 10.3. The maximum atomic E-state index is 4.18. The molecule has 0 radical (unpaired) electrons. The number of fused-ring (bicyclic) bond motifs is 1. The predicted octanol–water partition coefficient (Wildman–Crippen LogP) is 0.557. The van der Waals surface area contributed by atoms with Gasteiger partial charge in [0.2, 0.25) is 0 Å². The number of hydrogen-bond donors (Lipinski definition) is 2. The number of guanidine groups is 1. The van der Waals surface area contributed by atoms with Gasteiger partial charge in [-0.05, 0) is 25.0 Å². The minimum Gasteiger partial charge on any atom is -0.354 e. The van der Waals surface area contributed by atoms with Crippen molar-refractivity contribution in [1.29, 1.82) is 0 Å². The molecule has 0 aliphatic heterocycles. The third kappa shape index (κ3) is 2.27. The van der Waals surface area contributed by atoms with Crippen molar-refractivity contribution >= 4 is 11.6 Å². The Morgan fingerprint density at radius 3 is 3.11 bits per heavy atom. The van der Waals surface area contributed by atoms with Crippen LogP contribution in [-0.4, -0.2) is 33.6 Å². The Hall–Kier alpha value is -2.11. The van der Waals surface area contributed by atoms with Crippen LogP contribution in [0.4, 0.5) is 0 Å². The zero-order chi connectivity index (χ0) is 12.4. The summed E-state index contributed by atoms with van der Waals surface area (Å²) in [6.45, 7) is 0.609. The highest BCUT2D eigenvalue weighted by Gasteiger charge is 2.22. The molecule has 0 amide bonds. The van der Waals surface area contributed by atoms with Gasteiger partial charge in [-0.1, -0.05) is 6.07 Å². The summed E-state index contributed by atoms with van der Waals surface area (Å²) in [7, 11) is 1.78. The Labute approximate surface area is 105 Å². The first-order valence-corrected chi connectivity index (χ1v) is 6.12. The van der Waals surface area contributed by atoms with E-state index < -0.39 is 0 Å². The van der Waals surface area contributed by atoms with Crippen molar-refractivity contribution in [1.82, 2.24) is 25.2 Å². The Kier molecular flexibility index (Phi) is 2.84. The molecule has 0 spiro atoms. The SMILES string of the molecule is CN=C(NCc1nnc2ccccn12)NC1CC1. The standard InChI is InChI=1S/C12H16N6/c1-13-12(15-9-5-6-9)14-8-11-17-16-10-4-2-3-7-18(10)11/h2-4,7,9H,5-6,8H2,1H3,(H2,13,14,15). The second-order valence-corrected chi connectivity index (χ2v) is 4.39. The number of aliphatic imine (C=N–C) groups is 1. The van der Waals surface area contributed by atoms with E-state index in [2.05, 4.69) is 25.8 Å². The fourth-order valence-electron chi connectivity index (χ4n) is 1.79. The first kappa shape index (κ1) is 11.0. The molecule has 1 aliphatic carbocycles. The molecule has 6 heteroatoms. The number of pyridine rings is 1. The summed E-state index contributed by atoms with van der Waals surface area (Å²) in [6, 6.07) is 6.45. The minimum absolute atomic E-state index is 0.589. The van der Waals surface area contributed by atoms with E-state index in [9.17, 15) is 0 Å². The summed E-state index contributed by atoms with van der Waals surface area (Å²) in [5.41, 5.74) is 0.861. The van der Waals surface area contributed by atoms with E-state index in [0.717, 1.165) is 17.4 Å². The van der Waals surface area contributed by atoms with Gasteiger partial charge in [0, 0.05) is 19.3 Å². The molecule has 18 heavy (non-hydrogen) atoms. The minimum atomic E-state index is 0.589. The Bertz CT molecular complexity index is 569. The molecular weight excluding hydrogens is 228 g/mol. The lowest BCUT2D eigenvalue weighted by Gasteiger charge is -2.09. The van der Waals surface area contributed by atoms with Crippen LogP contribution < -0.4 is 10.6 Å². The van der Waals surface area contributed by atoms with Crippen molar-refractivity contribution in [2.24, 2.45) is 4.99 Å². The molecule has 0 bridgehead atoms. The molecule has 0 atom stereocenters. The summed E-state index contributed by atoms with van der Waals surface area (Å²) < 4.78 is 1.97. The smallest absolute Gasteiger partial charge is 0.191 e. The molecule has 2 heterocycles. The van der Waals surface area contributed by atoms with E-state index in [-0.39, 0.29) is 0 Å². The molecule has 0 aromatic carbocycles. The number of rotatable bonds is 3. The van der Waals surface area contributed by atoms with Gasteiger partial charge in [-0.15, -0.1) is 10.2 Å². The van der Waals surface area contributed by atoms with Crippen LogP contribution in [0.25, 0.3) is 5.65 Å². The van der Waals surface area contributed by atoms with Crippen LogP contribution in [0.2, 0.25) is 0 Å². The van der Waals surface area contributed by atoms with E-state index in [0.29, 0.717) is 12.6 Å². The average Bonchev–Trinajstić information content (AvgIpc) is 3.13. The van der Waals surface area contributed by atoms with Crippen LogP contribution in [0.3, 0.4) is 0 Å². The predicted molar refractivity (Wildman–Crippen MR) is 69.3 cm³/mol. The molecule has 1 aliphatic rings. The van der Waals surface area contributed by atoms with Crippen LogP contribution in [0.5, 0.6) is 0 Å². The van der Waals surface area contributed by atoms with E-state index in [1.54, 1.807) is 7.05 Å². The lowest BCUT2D eigenvalue weighted by Crippen LogP contribution is -2.38. The van der Waals surface area contributed by atoms with Crippen molar-refractivity contribution in [3.05, 3.63) is 30.2 Å². The third-order valence-corrected chi connectivity index (χ3v) is 2.94. The van der Waals surface area contributed by atoms with Gasteiger partial charge in [0.05, 0.1) is 6.54 Å². The van der Waals surface area contributed by atoms with Crippen LogP contribution in [0, 0.1) is 0 Å². The molecule has 6 nitrogen and oxygen atoms in total. The lowest BCUT2D eigenvalue weighted by atomic mass is 10.4. The number of aromatic nitrogens is 3. The van der Waals surface area contributed by atoms with Gasteiger partial charge in [-0.25, -0.2) is 0 Å². The average molecular weight is 244 g/mol. The molecule has 2 aromatic rings. The zero-order valence-electron chi connectivity index (χ0n) is 10.3. The summed E-state index contributed by atoms with van der Waals surface area (Å²) in [4.78, 5) is 4.18. The Morgan fingerprint density at radius 1 is 1.44 bits per heavy atom. The Balaban J connectivity index is 1.68. The van der Waals surface area contributed by atoms with Crippen LogP contribution in [0.1, 0.15) is 18.7 Å². The van der Waals surface area contributed by atoms with Crippen molar-refractivity contribution in [2.75, 3.05) is 7.05 Å². The largest absolute Gasteiger partial charge is 0.354 e. The normalized spacial score (nSPS) is 15.9. The van der Waals surface area contributed by atoms with Crippen LogP contribution >= 0.6 is 0 Å². The van der Waals surface area contributed by atoms with Crippen molar-refractivity contribution in [2.45, 2.75) is 25.4 Å². The lowest BCUT2D eigenvalue weighted by molar-refractivity contribution is 0.761. The molecule has 94 valence electrons. The molecule has 1 fully saturated rings. The van der Waals surface area contributed by atoms with E-state index >= 15 is 0 Å². The van der Waals surface area contributed by atoms with Crippen molar-refractivity contribution in [3.63, 3.8) is 0 Å².